The van der Waals surface area contributed by atoms with E-state index in [2.05, 4.69) is 27.8 Å². The first-order valence-corrected chi connectivity index (χ1v) is 12.9. The maximum atomic E-state index is 9.64. The van der Waals surface area contributed by atoms with Gasteiger partial charge in [-0.1, -0.05) is 29.0 Å². The number of benzene rings is 1. The molecule has 0 amide bonds. The summed E-state index contributed by atoms with van der Waals surface area (Å²) in [7, 11) is 0. The van der Waals surface area contributed by atoms with Gasteiger partial charge in [-0.05, 0) is 67.4 Å². The van der Waals surface area contributed by atoms with Crippen LogP contribution < -0.4 is 10.6 Å². The molecule has 10 heteroatoms. The molecule has 4 N–H and O–H groups in total. The molecule has 2 heterocycles. The number of fused-ring (bicyclic) bond motifs is 1. The molecule has 0 atom stereocenters. The fraction of sp³-hybridized carbons (Fsp3) is 0.500. The van der Waals surface area contributed by atoms with Gasteiger partial charge in [0.25, 0.3) is 0 Å². The van der Waals surface area contributed by atoms with Gasteiger partial charge >= 0.3 is 11.9 Å². The predicted molar refractivity (Wildman–Crippen MR) is 129 cm³/mol. The number of carboxylic acid groups (broad SMARTS) is 2. The van der Waals surface area contributed by atoms with Crippen LogP contribution in [-0.4, -0.2) is 46.8 Å². The summed E-state index contributed by atoms with van der Waals surface area (Å²) in [5, 5.41) is 24.7. The van der Waals surface area contributed by atoms with Crippen LogP contribution in [0.3, 0.4) is 0 Å². The first kappa shape index (κ1) is 24.8. The van der Waals surface area contributed by atoms with E-state index in [1.165, 1.54) is 33.7 Å². The molecule has 1 aliphatic heterocycles. The molecule has 1 saturated carbocycles. The molecule has 0 unspecified atom stereocenters. The summed E-state index contributed by atoms with van der Waals surface area (Å²) in [5.41, 5.74) is 4.22. The third kappa shape index (κ3) is 8.27. The van der Waals surface area contributed by atoms with E-state index in [-0.39, 0.29) is 12.8 Å². The highest BCUT2D eigenvalue weighted by molar-refractivity contribution is 8.00. The zero-order valence-electron chi connectivity index (χ0n) is 17.7. The third-order valence-corrected chi connectivity index (χ3v) is 7.76. The maximum absolute atomic E-state index is 9.64. The predicted octanol–water partition coefficient (Wildman–Crippen LogP) is 4.53. The van der Waals surface area contributed by atoms with E-state index in [0.717, 1.165) is 54.3 Å². The normalized spacial score (nSPS) is 15.2. The minimum Gasteiger partial charge on any atom is -0.481 e. The number of rotatable bonds is 9. The molecule has 1 fully saturated rings. The van der Waals surface area contributed by atoms with E-state index in [1.807, 2.05) is 18.0 Å². The lowest BCUT2D eigenvalue weighted by atomic mass is 9.98. The highest BCUT2D eigenvalue weighted by Gasteiger charge is 2.21. The second-order valence-electron chi connectivity index (χ2n) is 7.80. The van der Waals surface area contributed by atoms with Gasteiger partial charge in [-0.15, -0.1) is 11.8 Å². The van der Waals surface area contributed by atoms with Gasteiger partial charge in [0.2, 0.25) is 0 Å². The largest absolute Gasteiger partial charge is 0.481 e. The number of halogens is 1. The standard InChI is InChI=1S/C18H22ClN3S2.C4H6O4/c19-16-4-3-13-5-7-20-8-6-14(13)15(16)11-23-17-10-22-18(24-17)21-9-12-1-2-12;5-3(6)1-2-4(7)8/h3-4,10,12,20H,1-2,5-9,11H2,(H,21,22);1-2H2,(H,5,6)(H,7,8). The minimum atomic E-state index is -1.08. The van der Waals surface area contributed by atoms with Gasteiger partial charge in [-0.25, -0.2) is 4.98 Å². The Morgan fingerprint density at radius 1 is 1.19 bits per heavy atom. The number of thiazole rings is 1. The van der Waals surface area contributed by atoms with Gasteiger partial charge in [0, 0.05) is 17.3 Å². The van der Waals surface area contributed by atoms with Gasteiger partial charge in [-0.3, -0.25) is 9.59 Å². The highest BCUT2D eigenvalue weighted by atomic mass is 35.5. The van der Waals surface area contributed by atoms with Crippen molar-refractivity contribution in [3.05, 3.63) is 40.0 Å². The zero-order valence-corrected chi connectivity index (χ0v) is 20.1. The number of carbonyl (C=O) groups is 2. The second-order valence-corrected chi connectivity index (χ2v) is 10.5. The van der Waals surface area contributed by atoms with E-state index in [1.54, 1.807) is 11.3 Å². The highest BCUT2D eigenvalue weighted by Crippen LogP contribution is 2.36. The molecule has 4 rings (SSSR count). The molecule has 32 heavy (non-hydrogen) atoms. The van der Waals surface area contributed by atoms with Crippen LogP contribution in [0.2, 0.25) is 5.02 Å². The molecule has 0 radical (unpaired) electrons. The molecule has 1 aromatic heterocycles. The van der Waals surface area contributed by atoms with Crippen LogP contribution in [0, 0.1) is 5.92 Å². The Morgan fingerprint density at radius 3 is 2.59 bits per heavy atom. The van der Waals surface area contributed by atoms with E-state index >= 15 is 0 Å². The number of hydrogen-bond acceptors (Lipinski definition) is 7. The van der Waals surface area contributed by atoms with Gasteiger partial charge < -0.3 is 20.8 Å². The van der Waals surface area contributed by atoms with E-state index in [9.17, 15) is 9.59 Å². The van der Waals surface area contributed by atoms with Crippen molar-refractivity contribution in [2.24, 2.45) is 5.92 Å². The van der Waals surface area contributed by atoms with Crippen LogP contribution in [0.1, 0.15) is 42.4 Å². The monoisotopic (exact) mass is 497 g/mol. The molecule has 1 aliphatic carbocycles. The summed E-state index contributed by atoms with van der Waals surface area (Å²) in [4.78, 5) is 23.8. The van der Waals surface area contributed by atoms with Crippen molar-refractivity contribution in [2.75, 3.05) is 25.0 Å². The maximum Gasteiger partial charge on any atom is 0.303 e. The number of carboxylic acids is 2. The number of anilines is 1. The van der Waals surface area contributed by atoms with Crippen molar-refractivity contribution < 1.29 is 19.8 Å². The zero-order chi connectivity index (χ0) is 22.9. The fourth-order valence-electron chi connectivity index (χ4n) is 3.29. The molecular weight excluding hydrogens is 470 g/mol. The lowest BCUT2D eigenvalue weighted by Crippen LogP contribution is -2.16. The average Bonchev–Trinajstić information content (AvgIpc) is 3.53. The molecule has 2 aliphatic rings. The summed E-state index contributed by atoms with van der Waals surface area (Å²) >= 11 is 10.1. The van der Waals surface area contributed by atoms with Gasteiger partial charge in [-0.2, -0.15) is 0 Å². The van der Waals surface area contributed by atoms with Crippen LogP contribution >= 0.6 is 34.7 Å². The van der Waals surface area contributed by atoms with Gasteiger partial charge in [0.05, 0.1) is 23.2 Å². The quantitative estimate of drug-likeness (QED) is 0.374. The van der Waals surface area contributed by atoms with Crippen molar-refractivity contribution >= 4 is 51.8 Å². The Kier molecular flexibility index (Phi) is 9.65. The first-order chi connectivity index (χ1) is 15.4. The van der Waals surface area contributed by atoms with Crippen LogP contribution in [-0.2, 0) is 28.2 Å². The van der Waals surface area contributed by atoms with Crippen molar-refractivity contribution in [3.63, 3.8) is 0 Å². The summed E-state index contributed by atoms with van der Waals surface area (Å²) in [6.45, 7) is 3.18. The minimum absolute atomic E-state index is 0.296. The lowest BCUT2D eigenvalue weighted by molar-refractivity contribution is -0.143. The Labute approximate surface area is 201 Å². The van der Waals surface area contributed by atoms with Gasteiger partial charge in [0.15, 0.2) is 5.13 Å². The molecule has 0 spiro atoms. The number of hydrogen-bond donors (Lipinski definition) is 4. The number of nitrogens with one attached hydrogen (secondary N) is 2. The molecule has 0 bridgehead atoms. The molecule has 7 nitrogen and oxygen atoms in total. The smallest absolute Gasteiger partial charge is 0.303 e. The average molecular weight is 498 g/mol. The Balaban J connectivity index is 0.000000312. The third-order valence-electron chi connectivity index (χ3n) is 5.23. The molecule has 0 saturated heterocycles. The van der Waals surface area contributed by atoms with Crippen LogP contribution in [0.25, 0.3) is 0 Å². The summed E-state index contributed by atoms with van der Waals surface area (Å²) in [6, 6.07) is 4.27. The Hall–Kier alpha value is -1.81. The summed E-state index contributed by atoms with van der Waals surface area (Å²) in [5.74, 6) is -0.358. The molecule has 174 valence electrons. The number of aromatic nitrogens is 1. The number of nitrogens with zero attached hydrogens (tertiary/aromatic N) is 1. The van der Waals surface area contributed by atoms with Crippen molar-refractivity contribution in [1.29, 1.82) is 0 Å². The van der Waals surface area contributed by atoms with E-state index in [0.29, 0.717) is 0 Å². The van der Waals surface area contributed by atoms with E-state index < -0.39 is 11.9 Å². The van der Waals surface area contributed by atoms with Crippen molar-refractivity contribution in [3.8, 4) is 0 Å². The SMILES string of the molecule is Clc1ccc2c(c1CSc1cnc(NCC3CC3)s1)CCNCC2.O=C(O)CCC(=O)O. The van der Waals surface area contributed by atoms with Crippen molar-refractivity contribution in [2.45, 2.75) is 48.5 Å². The van der Waals surface area contributed by atoms with Crippen molar-refractivity contribution in [1.82, 2.24) is 10.3 Å². The second kappa shape index (κ2) is 12.4. The molecule has 2 aromatic rings. The fourth-order valence-corrected chi connectivity index (χ4v) is 5.57. The first-order valence-electron chi connectivity index (χ1n) is 10.7. The van der Waals surface area contributed by atoms with Crippen LogP contribution in [0.15, 0.2) is 22.5 Å². The lowest BCUT2D eigenvalue weighted by Gasteiger charge is -2.13. The van der Waals surface area contributed by atoms with Crippen LogP contribution in [0.4, 0.5) is 5.13 Å². The van der Waals surface area contributed by atoms with Crippen LogP contribution in [0.5, 0.6) is 0 Å². The topological polar surface area (TPSA) is 112 Å². The molecular formula is C22H28ClN3O4S2. The Morgan fingerprint density at radius 2 is 1.91 bits per heavy atom. The summed E-state index contributed by atoms with van der Waals surface area (Å²) < 4.78 is 1.26. The number of aliphatic carboxylic acids is 2. The Bertz CT molecular complexity index is 920. The van der Waals surface area contributed by atoms with Gasteiger partial charge in [0.1, 0.15) is 0 Å². The van der Waals surface area contributed by atoms with E-state index in [4.69, 9.17) is 21.8 Å². The summed E-state index contributed by atoms with van der Waals surface area (Å²) in [6.07, 6.45) is 6.30. The molecule has 1 aromatic carbocycles. The number of thioether (sulfide) groups is 1.